The highest BCUT2D eigenvalue weighted by molar-refractivity contribution is 6.30. The Morgan fingerprint density at radius 1 is 1.10 bits per heavy atom. The van der Waals surface area contributed by atoms with Crippen molar-refractivity contribution in [2.24, 2.45) is 0 Å². The van der Waals surface area contributed by atoms with Crippen molar-refractivity contribution in [2.45, 2.75) is 57.1 Å². The van der Waals surface area contributed by atoms with Crippen LogP contribution in [0.1, 0.15) is 54.6 Å². The number of para-hydroxylation sites is 1. The highest BCUT2D eigenvalue weighted by atomic mass is 35.5. The summed E-state index contributed by atoms with van der Waals surface area (Å²) in [5, 5.41) is 9.69. The van der Waals surface area contributed by atoms with Gasteiger partial charge in [-0.25, -0.2) is 9.37 Å². The van der Waals surface area contributed by atoms with Crippen LogP contribution in [0.25, 0.3) is 11.0 Å². The number of halogens is 2. The molecule has 7 rings (SSSR count). The van der Waals surface area contributed by atoms with E-state index in [0.29, 0.717) is 33.6 Å². The van der Waals surface area contributed by atoms with Crippen molar-refractivity contribution < 1.29 is 18.6 Å². The molecule has 2 saturated heterocycles. The number of benzene rings is 3. The number of fused-ring (bicyclic) bond motifs is 2. The van der Waals surface area contributed by atoms with Gasteiger partial charge < -0.3 is 18.8 Å². The molecule has 0 bridgehead atoms. The fourth-order valence-corrected chi connectivity index (χ4v) is 6.40. The number of ether oxygens (including phenoxy) is 3. The minimum absolute atomic E-state index is 0.210. The van der Waals surface area contributed by atoms with Crippen LogP contribution in [0, 0.1) is 17.1 Å². The highest BCUT2D eigenvalue weighted by Gasteiger charge is 2.43. The van der Waals surface area contributed by atoms with E-state index in [2.05, 4.69) is 21.6 Å². The van der Waals surface area contributed by atoms with Crippen molar-refractivity contribution in [2.75, 3.05) is 19.7 Å². The molecule has 1 aromatic heterocycles. The lowest BCUT2D eigenvalue weighted by molar-refractivity contribution is -0.0712. The normalized spacial score (nSPS) is 22.5. The monoisotopic (exact) mass is 572 g/mol. The molecule has 0 amide bonds. The second kappa shape index (κ2) is 10.3. The Balaban J connectivity index is 1.08. The lowest BCUT2D eigenvalue weighted by atomic mass is 9.88. The fourth-order valence-electron chi connectivity index (χ4n) is 6.24. The first-order valence-corrected chi connectivity index (χ1v) is 14.5. The molecule has 0 spiro atoms. The van der Waals surface area contributed by atoms with Crippen molar-refractivity contribution in [3.63, 3.8) is 0 Å². The molecule has 0 N–H and O–H groups in total. The summed E-state index contributed by atoms with van der Waals surface area (Å²) in [7, 11) is 0. The van der Waals surface area contributed by atoms with Crippen LogP contribution in [-0.2, 0) is 23.6 Å². The Hall–Kier alpha value is -3.64. The summed E-state index contributed by atoms with van der Waals surface area (Å²) in [5.41, 5.74) is 3.92. The molecule has 4 aromatic rings. The van der Waals surface area contributed by atoms with Crippen LogP contribution in [0.2, 0.25) is 5.02 Å². The van der Waals surface area contributed by atoms with Crippen LogP contribution in [0.15, 0.2) is 54.6 Å². The molecule has 7 nitrogen and oxygen atoms in total. The van der Waals surface area contributed by atoms with E-state index in [9.17, 15) is 9.65 Å². The molecule has 1 unspecified atom stereocenters. The molecule has 4 heterocycles. The minimum Gasteiger partial charge on any atom is -0.444 e. The van der Waals surface area contributed by atoms with Crippen LogP contribution in [0.5, 0.6) is 11.5 Å². The van der Waals surface area contributed by atoms with Gasteiger partial charge in [0.25, 0.3) is 5.79 Å². The number of rotatable bonds is 6. The molecule has 9 heteroatoms. The minimum atomic E-state index is -1.26. The topological polar surface area (TPSA) is 72.5 Å². The zero-order chi connectivity index (χ0) is 28.1. The Kier molecular flexibility index (Phi) is 6.61. The number of hydrogen-bond donors (Lipinski definition) is 0. The molecule has 2 fully saturated rings. The molecular formula is C32H30ClFN4O3. The second-order valence-corrected chi connectivity index (χ2v) is 11.7. The summed E-state index contributed by atoms with van der Waals surface area (Å²) in [6.07, 6.45) is 3.17. The van der Waals surface area contributed by atoms with E-state index >= 15 is 0 Å². The average Bonchev–Trinajstić information content (AvgIpc) is 3.47. The first-order chi connectivity index (χ1) is 19.9. The van der Waals surface area contributed by atoms with Gasteiger partial charge in [0.15, 0.2) is 11.5 Å². The van der Waals surface area contributed by atoms with Crippen molar-refractivity contribution in [3.8, 4) is 17.6 Å². The zero-order valence-corrected chi connectivity index (χ0v) is 23.5. The van der Waals surface area contributed by atoms with Gasteiger partial charge in [0, 0.05) is 24.1 Å². The smallest absolute Gasteiger partial charge is 0.278 e. The summed E-state index contributed by atoms with van der Waals surface area (Å²) >= 11 is 5.97. The maximum atomic E-state index is 14.8. The lowest BCUT2D eigenvalue weighted by Gasteiger charge is -2.33. The Morgan fingerprint density at radius 2 is 1.93 bits per heavy atom. The molecule has 0 radical (unpaired) electrons. The van der Waals surface area contributed by atoms with Crippen LogP contribution in [0.4, 0.5) is 4.39 Å². The van der Waals surface area contributed by atoms with E-state index in [0.717, 1.165) is 74.5 Å². The van der Waals surface area contributed by atoms with E-state index in [4.69, 9.17) is 30.8 Å². The van der Waals surface area contributed by atoms with Gasteiger partial charge in [-0.15, -0.1) is 0 Å². The van der Waals surface area contributed by atoms with Crippen LogP contribution in [0.3, 0.4) is 0 Å². The van der Waals surface area contributed by atoms with Gasteiger partial charge in [-0.3, -0.25) is 4.90 Å². The van der Waals surface area contributed by atoms with Gasteiger partial charge in [0.2, 0.25) is 0 Å². The number of nitrogens with zero attached hydrogens (tertiary/aromatic N) is 4. The summed E-state index contributed by atoms with van der Waals surface area (Å²) in [6, 6.07) is 18.4. The van der Waals surface area contributed by atoms with Gasteiger partial charge >= 0.3 is 0 Å². The molecule has 3 aliphatic rings. The summed E-state index contributed by atoms with van der Waals surface area (Å²) in [5.74, 6) is 0.901. The quantitative estimate of drug-likeness (QED) is 0.262. The SMILES string of the molecule is CC1(c2ccc(Cl)cc2F)Oc2cccc(C3CCN(Cc4nc5cc(C#N)ccc5n4C[C@@H]4CCO4)CC3)c2O1. The van der Waals surface area contributed by atoms with Crippen LogP contribution < -0.4 is 9.47 Å². The third-order valence-corrected chi connectivity index (χ3v) is 8.79. The first-order valence-electron chi connectivity index (χ1n) is 14.1. The van der Waals surface area contributed by atoms with E-state index in [-0.39, 0.29) is 6.10 Å². The molecule has 41 heavy (non-hydrogen) atoms. The summed E-state index contributed by atoms with van der Waals surface area (Å²) in [6.45, 7) is 5.87. The van der Waals surface area contributed by atoms with Gasteiger partial charge in [-0.05, 0) is 80.7 Å². The van der Waals surface area contributed by atoms with Crippen molar-refractivity contribution in [1.82, 2.24) is 14.5 Å². The highest BCUT2D eigenvalue weighted by Crippen LogP contribution is 2.49. The van der Waals surface area contributed by atoms with Crippen LogP contribution >= 0.6 is 11.6 Å². The Labute approximate surface area is 243 Å². The van der Waals surface area contributed by atoms with Crippen LogP contribution in [-0.4, -0.2) is 40.3 Å². The standard InChI is InChI=1S/C32H30ClFN4O3/c1-32(25-7-6-22(33)16-26(25)34)40-29-4-2-3-24(31(29)41-32)21-9-12-37(13-10-21)19-30-36-27-15-20(17-35)5-8-28(27)38(30)18-23-11-14-39-23/h2-8,15-16,21,23H,9-14,18-19H2,1H3/t23-,32?/m0/s1. The number of hydrogen-bond acceptors (Lipinski definition) is 6. The maximum absolute atomic E-state index is 14.8. The first kappa shape index (κ1) is 26.3. The second-order valence-electron chi connectivity index (χ2n) is 11.2. The lowest BCUT2D eigenvalue weighted by Crippen LogP contribution is -2.35. The van der Waals surface area contributed by atoms with Gasteiger partial charge in [0.1, 0.15) is 11.6 Å². The molecule has 2 atom stereocenters. The van der Waals surface area contributed by atoms with Crippen molar-refractivity contribution in [1.29, 1.82) is 5.26 Å². The average molecular weight is 573 g/mol. The van der Waals surface area contributed by atoms with Gasteiger partial charge in [-0.1, -0.05) is 23.7 Å². The fraction of sp³-hybridized carbons (Fsp3) is 0.375. The Morgan fingerprint density at radius 3 is 2.66 bits per heavy atom. The number of imidazole rings is 1. The third kappa shape index (κ3) is 4.82. The molecule has 0 aliphatic carbocycles. The number of likely N-dealkylation sites (tertiary alicyclic amines) is 1. The largest absolute Gasteiger partial charge is 0.444 e. The zero-order valence-electron chi connectivity index (χ0n) is 22.8. The number of piperidine rings is 1. The summed E-state index contributed by atoms with van der Waals surface area (Å²) in [4.78, 5) is 7.39. The number of aromatic nitrogens is 2. The van der Waals surface area contributed by atoms with E-state index in [1.54, 1.807) is 19.1 Å². The van der Waals surface area contributed by atoms with Gasteiger partial charge in [0.05, 0.1) is 47.4 Å². The molecule has 210 valence electrons. The van der Waals surface area contributed by atoms with Crippen molar-refractivity contribution in [3.05, 3.63) is 88.0 Å². The van der Waals surface area contributed by atoms with E-state index < -0.39 is 11.6 Å². The van der Waals surface area contributed by atoms with Gasteiger partial charge in [-0.2, -0.15) is 5.26 Å². The molecule has 0 saturated carbocycles. The predicted molar refractivity (Wildman–Crippen MR) is 153 cm³/mol. The van der Waals surface area contributed by atoms with E-state index in [1.807, 2.05) is 30.3 Å². The summed E-state index contributed by atoms with van der Waals surface area (Å²) < 4.78 is 35.3. The Bertz CT molecular complexity index is 1670. The molecule has 3 aromatic carbocycles. The maximum Gasteiger partial charge on any atom is 0.278 e. The number of nitriles is 1. The molecule has 3 aliphatic heterocycles. The third-order valence-electron chi connectivity index (χ3n) is 8.56. The van der Waals surface area contributed by atoms with Crippen molar-refractivity contribution >= 4 is 22.6 Å². The van der Waals surface area contributed by atoms with E-state index in [1.165, 1.54) is 6.07 Å². The predicted octanol–water partition coefficient (Wildman–Crippen LogP) is 6.51. The molecular weight excluding hydrogens is 543 g/mol.